The molecule has 0 unspecified atom stereocenters. The minimum Gasteiger partial charge on any atom is -0.372 e. The lowest BCUT2D eigenvalue weighted by molar-refractivity contribution is -0.0456. The number of hydrogen-bond donors (Lipinski definition) is 0. The summed E-state index contributed by atoms with van der Waals surface area (Å²) in [5.41, 5.74) is -0.0152. The van der Waals surface area contributed by atoms with Gasteiger partial charge in [-0.05, 0) is 18.3 Å². The van der Waals surface area contributed by atoms with Crippen molar-refractivity contribution in [2.24, 2.45) is 5.41 Å². The molecule has 3 rings (SSSR count). The summed E-state index contributed by atoms with van der Waals surface area (Å²) in [5.74, 6) is 0. The molecular weight excluding hydrogens is 192 g/mol. The molecule has 0 N–H and O–H groups in total. The van der Waals surface area contributed by atoms with Gasteiger partial charge >= 0.3 is 0 Å². The predicted octanol–water partition coefficient (Wildman–Crippen LogP) is 0.532. The topological polar surface area (TPSA) is 52.6 Å². The van der Waals surface area contributed by atoms with Gasteiger partial charge in [0.25, 0.3) is 10.1 Å². The summed E-state index contributed by atoms with van der Waals surface area (Å²) >= 11 is 0. The van der Waals surface area contributed by atoms with Crippen LogP contribution >= 0.6 is 0 Å². The van der Waals surface area contributed by atoms with Crippen molar-refractivity contribution in [2.45, 2.75) is 25.4 Å². The van der Waals surface area contributed by atoms with Crippen molar-refractivity contribution in [3.8, 4) is 0 Å². The second kappa shape index (κ2) is 2.46. The summed E-state index contributed by atoms with van der Waals surface area (Å²) in [6, 6.07) is 0. The van der Waals surface area contributed by atoms with Crippen LogP contribution < -0.4 is 0 Å². The Morgan fingerprint density at radius 3 is 2.46 bits per heavy atom. The number of hydrogen-bond acceptors (Lipinski definition) is 4. The maximum Gasteiger partial charge on any atom is 0.264 e. The van der Waals surface area contributed by atoms with Gasteiger partial charge in [0.2, 0.25) is 0 Å². The van der Waals surface area contributed by atoms with Crippen LogP contribution in [0, 0.1) is 5.41 Å². The lowest BCUT2D eigenvalue weighted by atomic mass is 9.64. The quantitative estimate of drug-likeness (QED) is 0.632. The van der Waals surface area contributed by atoms with Crippen LogP contribution in [0.4, 0.5) is 0 Å². The Labute approximate surface area is 78.3 Å². The van der Waals surface area contributed by atoms with Crippen molar-refractivity contribution >= 4 is 10.1 Å². The largest absolute Gasteiger partial charge is 0.372 e. The number of rotatable bonds is 3. The Morgan fingerprint density at radius 2 is 2.08 bits per heavy atom. The van der Waals surface area contributed by atoms with Gasteiger partial charge in [-0.3, -0.25) is 4.18 Å². The van der Waals surface area contributed by atoms with Gasteiger partial charge in [0, 0.05) is 0 Å². The first-order valence-electron chi connectivity index (χ1n) is 4.31. The Bertz CT molecular complexity index is 313. The SMILES string of the molecule is CC12COC(COS(C)(=O)=O)(C1)C2. The van der Waals surface area contributed by atoms with Crippen LogP contribution in [0.3, 0.4) is 0 Å². The molecular formula is C8H14O4S. The van der Waals surface area contributed by atoms with E-state index < -0.39 is 10.1 Å². The Kier molecular flexibility index (Phi) is 1.78. The van der Waals surface area contributed by atoms with Gasteiger partial charge < -0.3 is 4.74 Å². The second-order valence-corrected chi connectivity index (χ2v) is 6.25. The van der Waals surface area contributed by atoms with Crippen LogP contribution in [0.15, 0.2) is 0 Å². The van der Waals surface area contributed by atoms with E-state index in [9.17, 15) is 8.42 Å². The van der Waals surface area contributed by atoms with E-state index in [1.165, 1.54) is 0 Å². The smallest absolute Gasteiger partial charge is 0.264 e. The molecule has 0 amide bonds. The summed E-state index contributed by atoms with van der Waals surface area (Å²) < 4.78 is 31.8. The van der Waals surface area contributed by atoms with E-state index >= 15 is 0 Å². The van der Waals surface area contributed by atoms with Crippen LogP contribution in [-0.4, -0.2) is 33.5 Å². The highest BCUT2D eigenvalue weighted by Crippen LogP contribution is 2.57. The third-order valence-electron chi connectivity index (χ3n) is 2.76. The molecule has 2 aliphatic heterocycles. The average Bonchev–Trinajstić information content (AvgIpc) is 2.36. The molecule has 0 atom stereocenters. The first-order chi connectivity index (χ1) is 5.83. The van der Waals surface area contributed by atoms with Crippen molar-refractivity contribution in [1.82, 2.24) is 0 Å². The van der Waals surface area contributed by atoms with Gasteiger partial charge in [0.1, 0.15) is 0 Å². The van der Waals surface area contributed by atoms with Crippen molar-refractivity contribution in [2.75, 3.05) is 19.5 Å². The lowest BCUT2D eigenvalue weighted by Crippen LogP contribution is -2.46. The Hall–Kier alpha value is -0.130. The average molecular weight is 206 g/mol. The zero-order chi connectivity index (χ0) is 9.74. The molecule has 76 valence electrons. The van der Waals surface area contributed by atoms with Gasteiger partial charge in [-0.2, -0.15) is 8.42 Å². The molecule has 2 bridgehead atoms. The van der Waals surface area contributed by atoms with Crippen LogP contribution in [0.1, 0.15) is 19.8 Å². The highest BCUT2D eigenvalue weighted by atomic mass is 32.2. The van der Waals surface area contributed by atoms with Crippen molar-refractivity contribution in [3.63, 3.8) is 0 Å². The van der Waals surface area contributed by atoms with Gasteiger partial charge in [-0.25, -0.2) is 0 Å². The van der Waals surface area contributed by atoms with E-state index in [2.05, 4.69) is 6.92 Å². The molecule has 0 aromatic rings. The minimum absolute atomic E-state index is 0.182. The molecule has 2 heterocycles. The third kappa shape index (κ3) is 1.73. The van der Waals surface area contributed by atoms with Gasteiger partial charge in [0.05, 0.1) is 25.1 Å². The van der Waals surface area contributed by atoms with Crippen LogP contribution in [0.5, 0.6) is 0 Å². The van der Waals surface area contributed by atoms with Crippen LogP contribution in [0.2, 0.25) is 0 Å². The van der Waals surface area contributed by atoms with Crippen molar-refractivity contribution in [1.29, 1.82) is 0 Å². The Morgan fingerprint density at radius 1 is 1.46 bits per heavy atom. The summed E-state index contributed by atoms with van der Waals surface area (Å²) in [4.78, 5) is 0. The molecule has 1 aliphatic carbocycles. The van der Waals surface area contributed by atoms with E-state index in [1.807, 2.05) is 0 Å². The fraction of sp³-hybridized carbons (Fsp3) is 1.00. The van der Waals surface area contributed by atoms with E-state index in [0.29, 0.717) is 0 Å². The fourth-order valence-electron chi connectivity index (χ4n) is 2.39. The van der Waals surface area contributed by atoms with E-state index in [4.69, 9.17) is 8.92 Å². The van der Waals surface area contributed by atoms with Crippen molar-refractivity contribution < 1.29 is 17.3 Å². The maximum atomic E-state index is 10.7. The van der Waals surface area contributed by atoms with Gasteiger partial charge in [0.15, 0.2) is 0 Å². The molecule has 1 saturated carbocycles. The fourth-order valence-corrected chi connectivity index (χ4v) is 2.82. The molecule has 4 nitrogen and oxygen atoms in total. The van der Waals surface area contributed by atoms with E-state index in [1.54, 1.807) is 0 Å². The maximum absolute atomic E-state index is 10.7. The molecule has 0 spiro atoms. The molecule has 5 heteroatoms. The molecule has 3 aliphatic rings. The third-order valence-corrected chi connectivity index (χ3v) is 3.31. The van der Waals surface area contributed by atoms with Gasteiger partial charge in [-0.1, -0.05) is 6.92 Å². The molecule has 0 aromatic heterocycles. The normalized spacial score (nSPS) is 43.2. The predicted molar refractivity (Wildman–Crippen MR) is 46.8 cm³/mol. The molecule has 3 fully saturated rings. The molecule has 13 heavy (non-hydrogen) atoms. The zero-order valence-electron chi connectivity index (χ0n) is 7.87. The monoisotopic (exact) mass is 206 g/mol. The van der Waals surface area contributed by atoms with Crippen LogP contribution in [0.25, 0.3) is 0 Å². The summed E-state index contributed by atoms with van der Waals surface area (Å²) in [7, 11) is -3.32. The molecule has 2 saturated heterocycles. The standard InChI is InChI=1S/C8H14O4S/c1-7-3-8(4-7,11-5-7)6-12-13(2,9)10/h3-6H2,1-2H3. The van der Waals surface area contributed by atoms with Gasteiger partial charge in [-0.15, -0.1) is 0 Å². The summed E-state index contributed by atoms with van der Waals surface area (Å²) in [5, 5.41) is 0. The highest BCUT2D eigenvalue weighted by molar-refractivity contribution is 7.85. The Balaban J connectivity index is 1.92. The molecule has 0 radical (unpaired) electrons. The minimum atomic E-state index is -3.32. The lowest BCUT2D eigenvalue weighted by Gasteiger charge is -2.41. The van der Waals surface area contributed by atoms with E-state index in [-0.39, 0.29) is 17.6 Å². The number of ether oxygens (including phenoxy) is 1. The summed E-state index contributed by atoms with van der Waals surface area (Å²) in [6.07, 6.45) is 2.92. The summed E-state index contributed by atoms with van der Waals surface area (Å²) in [6.45, 7) is 3.07. The zero-order valence-corrected chi connectivity index (χ0v) is 8.69. The second-order valence-electron chi connectivity index (χ2n) is 4.60. The first kappa shape index (κ1) is 9.43. The highest BCUT2D eigenvalue weighted by Gasteiger charge is 2.60. The van der Waals surface area contributed by atoms with Crippen LogP contribution in [-0.2, 0) is 19.0 Å². The molecule has 0 aromatic carbocycles. The van der Waals surface area contributed by atoms with Crippen molar-refractivity contribution in [3.05, 3.63) is 0 Å². The van der Waals surface area contributed by atoms with E-state index in [0.717, 1.165) is 25.7 Å². The number of fused-ring (bicyclic) bond motifs is 1. The first-order valence-corrected chi connectivity index (χ1v) is 6.13.